The van der Waals surface area contributed by atoms with Crippen molar-refractivity contribution in [3.63, 3.8) is 0 Å². The predicted octanol–water partition coefficient (Wildman–Crippen LogP) is 0.287. The monoisotopic (exact) mass is 312 g/mol. The molecule has 12 heteroatoms. The van der Waals surface area contributed by atoms with E-state index in [9.17, 15) is 14.9 Å². The van der Waals surface area contributed by atoms with E-state index in [1.54, 1.807) is 13.8 Å². The fraction of sp³-hybridized carbons (Fsp3) is 0.333. The molecule has 2 aromatic heterocycles. The van der Waals surface area contributed by atoms with E-state index in [0.29, 0.717) is 0 Å². The van der Waals surface area contributed by atoms with Gasteiger partial charge in [-0.25, -0.2) is 25.7 Å². The van der Waals surface area contributed by atoms with Gasteiger partial charge in [0.25, 0.3) is 0 Å². The molecule has 112 valence electrons. The molecule has 0 saturated heterocycles. The minimum absolute atomic E-state index is 0.0313. The van der Waals surface area contributed by atoms with Crippen molar-refractivity contribution in [1.29, 1.82) is 0 Å². The van der Waals surface area contributed by atoms with Crippen molar-refractivity contribution < 1.29 is 4.92 Å². The Bertz CT molecular complexity index is 724. The van der Waals surface area contributed by atoms with Gasteiger partial charge in [-0.1, -0.05) is 0 Å². The van der Waals surface area contributed by atoms with E-state index in [1.807, 2.05) is 0 Å². The van der Waals surface area contributed by atoms with Crippen molar-refractivity contribution in [1.82, 2.24) is 24.7 Å². The predicted molar refractivity (Wildman–Crippen MR) is 73.9 cm³/mol. The lowest BCUT2D eigenvalue weighted by Gasteiger charge is -2.08. The van der Waals surface area contributed by atoms with Crippen molar-refractivity contribution in [2.45, 2.75) is 30.1 Å². The Morgan fingerprint density at radius 1 is 1.52 bits per heavy atom. The number of hydrogen-bond donors (Lipinski definition) is 3. The molecule has 2 heterocycles. The average molecular weight is 312 g/mol. The molecule has 0 unspecified atom stereocenters. The molecular weight excluding hydrogens is 300 g/mol. The van der Waals surface area contributed by atoms with E-state index < -0.39 is 10.6 Å². The summed E-state index contributed by atoms with van der Waals surface area (Å²) >= 11 is 0.880. The summed E-state index contributed by atoms with van der Waals surface area (Å²) in [7, 11) is 0. The quantitative estimate of drug-likeness (QED) is 0.305. The second kappa shape index (κ2) is 5.88. The van der Waals surface area contributed by atoms with Crippen LogP contribution in [0, 0.1) is 10.1 Å². The molecule has 0 atom stereocenters. The minimum atomic E-state index is -0.651. The van der Waals surface area contributed by atoms with Crippen LogP contribution in [0.4, 0.5) is 11.5 Å². The summed E-state index contributed by atoms with van der Waals surface area (Å²) in [6.45, 7) is 3.59. The molecule has 2 aromatic rings. The van der Waals surface area contributed by atoms with Gasteiger partial charge in [0.05, 0.1) is 4.92 Å². The Morgan fingerprint density at radius 3 is 2.81 bits per heavy atom. The highest BCUT2D eigenvalue weighted by molar-refractivity contribution is 7.99. The van der Waals surface area contributed by atoms with Gasteiger partial charge in [0.2, 0.25) is 5.82 Å². The van der Waals surface area contributed by atoms with Crippen molar-refractivity contribution in [3.8, 4) is 0 Å². The molecule has 0 amide bonds. The average Bonchev–Trinajstić information content (AvgIpc) is 2.79. The molecule has 0 fully saturated rings. The Kier molecular flexibility index (Phi) is 4.18. The minimum Gasteiger partial charge on any atom is -0.303 e. The molecule has 0 bridgehead atoms. The molecule has 0 spiro atoms. The number of nitrogen functional groups attached to an aromatic ring is 1. The van der Waals surface area contributed by atoms with Crippen molar-refractivity contribution in [2.24, 2.45) is 5.84 Å². The second-order valence-corrected chi connectivity index (χ2v) is 5.11. The third-order valence-electron chi connectivity index (χ3n) is 2.48. The number of aromatic amines is 1. The fourth-order valence-corrected chi connectivity index (χ4v) is 2.64. The van der Waals surface area contributed by atoms with Gasteiger partial charge in [-0.15, -0.1) is 5.10 Å². The van der Waals surface area contributed by atoms with Crippen LogP contribution in [0.3, 0.4) is 0 Å². The van der Waals surface area contributed by atoms with Crippen LogP contribution in [0.15, 0.2) is 21.3 Å². The lowest BCUT2D eigenvalue weighted by atomic mass is 10.4. The van der Waals surface area contributed by atoms with Gasteiger partial charge in [-0.3, -0.25) is 14.7 Å². The van der Waals surface area contributed by atoms with Gasteiger partial charge < -0.3 is 5.43 Å². The maximum atomic E-state index is 11.6. The molecule has 0 saturated carbocycles. The molecule has 0 aliphatic heterocycles. The van der Waals surface area contributed by atoms with Gasteiger partial charge in [0.15, 0.2) is 10.2 Å². The summed E-state index contributed by atoms with van der Waals surface area (Å²) in [5, 5.41) is 17.6. The van der Waals surface area contributed by atoms with Crippen LogP contribution in [-0.4, -0.2) is 29.7 Å². The first-order chi connectivity index (χ1) is 9.95. The Labute approximate surface area is 122 Å². The van der Waals surface area contributed by atoms with Crippen LogP contribution in [0.25, 0.3) is 0 Å². The standard InChI is InChI=1S/C9H12N8O3S/c1-4(2)16-8(18)14-15-9(16)21-7-5(17(19)20)6(13-10)11-3-12-7/h3-4H,10H2,1-2H3,(H,14,18)(H,11,12,13). The number of nitro groups is 1. The largest absolute Gasteiger partial charge is 0.345 e. The van der Waals surface area contributed by atoms with Gasteiger partial charge in [0, 0.05) is 6.04 Å². The van der Waals surface area contributed by atoms with E-state index in [2.05, 4.69) is 25.6 Å². The van der Waals surface area contributed by atoms with Crippen LogP contribution in [0.1, 0.15) is 19.9 Å². The van der Waals surface area contributed by atoms with E-state index >= 15 is 0 Å². The number of H-pyrrole nitrogens is 1. The fourth-order valence-electron chi connectivity index (χ4n) is 1.61. The zero-order valence-corrected chi connectivity index (χ0v) is 11.9. The van der Waals surface area contributed by atoms with Crippen LogP contribution >= 0.6 is 11.8 Å². The number of nitrogens with two attached hydrogens (primary N) is 1. The van der Waals surface area contributed by atoms with Crippen LogP contribution in [-0.2, 0) is 0 Å². The first kappa shape index (κ1) is 14.9. The van der Waals surface area contributed by atoms with E-state index in [0.717, 1.165) is 18.1 Å². The number of nitrogens with zero attached hydrogens (tertiary/aromatic N) is 5. The summed E-state index contributed by atoms with van der Waals surface area (Å²) in [5.74, 6) is 5.08. The van der Waals surface area contributed by atoms with Gasteiger partial charge in [0.1, 0.15) is 6.33 Å². The van der Waals surface area contributed by atoms with E-state index in [4.69, 9.17) is 5.84 Å². The lowest BCUT2D eigenvalue weighted by Crippen LogP contribution is -2.19. The maximum absolute atomic E-state index is 11.6. The van der Waals surface area contributed by atoms with E-state index in [1.165, 1.54) is 4.57 Å². The highest BCUT2D eigenvalue weighted by atomic mass is 32.2. The highest BCUT2D eigenvalue weighted by Crippen LogP contribution is 2.35. The third-order valence-corrected chi connectivity index (χ3v) is 3.45. The number of hydrogen-bond acceptors (Lipinski definition) is 9. The topological polar surface area (TPSA) is 158 Å². The molecule has 4 N–H and O–H groups in total. The first-order valence-corrected chi connectivity index (χ1v) is 6.58. The van der Waals surface area contributed by atoms with Crippen LogP contribution < -0.4 is 17.0 Å². The number of aromatic nitrogens is 5. The van der Waals surface area contributed by atoms with Crippen LogP contribution in [0.5, 0.6) is 0 Å². The summed E-state index contributed by atoms with van der Waals surface area (Å²) in [4.78, 5) is 29.7. The summed E-state index contributed by atoms with van der Waals surface area (Å²) < 4.78 is 1.37. The number of hydrazine groups is 1. The third kappa shape index (κ3) is 2.85. The second-order valence-electron chi connectivity index (χ2n) is 4.15. The number of rotatable bonds is 5. The number of nitrogens with one attached hydrogen (secondary N) is 2. The first-order valence-electron chi connectivity index (χ1n) is 5.76. The molecule has 2 rings (SSSR count). The van der Waals surface area contributed by atoms with Crippen LogP contribution in [0.2, 0.25) is 0 Å². The van der Waals surface area contributed by atoms with E-state index in [-0.39, 0.29) is 27.7 Å². The zero-order valence-electron chi connectivity index (χ0n) is 11.1. The normalized spacial score (nSPS) is 10.9. The molecule has 0 radical (unpaired) electrons. The molecule has 0 aliphatic rings. The lowest BCUT2D eigenvalue weighted by molar-refractivity contribution is -0.387. The SMILES string of the molecule is CC(C)n1c(Sc2ncnc(NN)c2[N+](=O)[O-])n[nH]c1=O. The smallest absolute Gasteiger partial charge is 0.303 e. The molecule has 21 heavy (non-hydrogen) atoms. The molecule has 0 aliphatic carbocycles. The molecule has 11 nitrogen and oxygen atoms in total. The summed E-state index contributed by atoms with van der Waals surface area (Å²) in [6, 6.07) is -0.160. The Morgan fingerprint density at radius 2 is 2.24 bits per heavy atom. The van der Waals surface area contributed by atoms with Crippen molar-refractivity contribution >= 4 is 23.3 Å². The zero-order chi connectivity index (χ0) is 15.6. The summed E-state index contributed by atoms with van der Waals surface area (Å²) in [5.41, 5.74) is 1.36. The van der Waals surface area contributed by atoms with Crippen molar-refractivity contribution in [2.75, 3.05) is 5.43 Å². The Balaban J connectivity index is 2.50. The van der Waals surface area contributed by atoms with Gasteiger partial charge in [-0.05, 0) is 25.6 Å². The summed E-state index contributed by atoms with van der Waals surface area (Å²) in [6.07, 6.45) is 1.13. The Hall–Kier alpha value is -2.47. The molecule has 0 aromatic carbocycles. The molecular formula is C9H12N8O3S. The van der Waals surface area contributed by atoms with Crippen molar-refractivity contribution in [3.05, 3.63) is 26.9 Å². The number of anilines is 1. The van der Waals surface area contributed by atoms with Gasteiger partial charge >= 0.3 is 11.4 Å². The highest BCUT2D eigenvalue weighted by Gasteiger charge is 2.25. The maximum Gasteiger partial charge on any atom is 0.345 e. The van der Waals surface area contributed by atoms with Gasteiger partial charge in [-0.2, -0.15) is 0 Å².